The minimum absolute atomic E-state index is 0.279. The van der Waals surface area contributed by atoms with E-state index in [0.29, 0.717) is 6.42 Å². The van der Waals surface area contributed by atoms with Crippen LogP contribution in [0.1, 0.15) is 51.9 Å². The number of hydrogen-bond donors (Lipinski definition) is 0. The number of carbonyl (C=O) groups excluding carboxylic acids is 1. The Labute approximate surface area is 79.0 Å². The van der Waals surface area contributed by atoms with Crippen LogP contribution in [0.2, 0.25) is 0 Å². The molecule has 1 rings (SSSR count). The third kappa shape index (κ3) is 2.94. The van der Waals surface area contributed by atoms with Gasteiger partial charge in [-0.3, -0.25) is 4.79 Å². The Hall–Kier alpha value is -0.660. The number of carbonyl (C=O) groups is 1. The molecule has 0 saturated heterocycles. The van der Waals surface area contributed by atoms with E-state index >= 15 is 0 Å². The largest absolute Gasteiger partial charge is 0.292 e. The second kappa shape index (κ2) is 5.15. The summed E-state index contributed by atoms with van der Waals surface area (Å²) in [7, 11) is 0. The lowest BCUT2D eigenvalue weighted by Crippen LogP contribution is -2.00. The van der Waals surface area contributed by atoms with Gasteiger partial charge in [0.25, 0.3) is 0 Å². The molecule has 0 atom stereocenters. The molecule has 1 fully saturated rings. The van der Waals surface area contributed by atoms with Crippen LogP contribution in [0.5, 0.6) is 0 Å². The molecule has 1 aliphatic carbocycles. The topological polar surface area (TPSA) is 17.1 Å². The highest BCUT2D eigenvalue weighted by atomic mass is 19.1. The van der Waals surface area contributed by atoms with Crippen LogP contribution in [0.15, 0.2) is 11.4 Å². The predicted octanol–water partition coefficient (Wildman–Crippen LogP) is 3.54. The summed E-state index contributed by atoms with van der Waals surface area (Å²) in [6, 6.07) is 0. The molecule has 0 amide bonds. The molecule has 0 aromatic rings. The van der Waals surface area contributed by atoms with Crippen molar-refractivity contribution >= 4 is 5.78 Å². The van der Waals surface area contributed by atoms with Gasteiger partial charge in [-0.1, -0.05) is 13.3 Å². The van der Waals surface area contributed by atoms with E-state index in [-0.39, 0.29) is 5.78 Å². The third-order valence-electron chi connectivity index (χ3n) is 2.52. The average molecular weight is 184 g/mol. The molecular weight excluding hydrogens is 167 g/mol. The van der Waals surface area contributed by atoms with Crippen LogP contribution < -0.4 is 0 Å². The summed E-state index contributed by atoms with van der Waals surface area (Å²) in [4.78, 5) is 11.3. The molecule has 0 unspecified atom stereocenters. The normalized spacial score (nSPS) is 16.3. The van der Waals surface area contributed by atoms with Crippen molar-refractivity contribution in [3.63, 3.8) is 0 Å². The molecule has 74 valence electrons. The van der Waals surface area contributed by atoms with E-state index in [1.54, 1.807) is 0 Å². The fourth-order valence-electron chi connectivity index (χ4n) is 1.67. The van der Waals surface area contributed by atoms with Crippen molar-refractivity contribution in [1.29, 1.82) is 0 Å². The van der Waals surface area contributed by atoms with Gasteiger partial charge in [-0.25, -0.2) is 4.39 Å². The maximum absolute atomic E-state index is 13.4. The van der Waals surface area contributed by atoms with Gasteiger partial charge >= 0.3 is 0 Å². The number of ketones is 1. The van der Waals surface area contributed by atoms with Crippen molar-refractivity contribution in [2.75, 3.05) is 0 Å². The van der Waals surface area contributed by atoms with Crippen LogP contribution in [-0.4, -0.2) is 5.78 Å². The lowest BCUT2D eigenvalue weighted by Gasteiger charge is -2.00. The van der Waals surface area contributed by atoms with E-state index in [2.05, 4.69) is 0 Å². The van der Waals surface area contributed by atoms with Crippen molar-refractivity contribution in [3.8, 4) is 0 Å². The summed E-state index contributed by atoms with van der Waals surface area (Å²) in [6.45, 7) is 2.01. The monoisotopic (exact) mass is 184 g/mol. The van der Waals surface area contributed by atoms with E-state index in [9.17, 15) is 9.18 Å². The summed E-state index contributed by atoms with van der Waals surface area (Å²) in [5.41, 5.74) is 0.765. The second-order valence-electron chi connectivity index (χ2n) is 3.65. The maximum Gasteiger partial charge on any atom is 0.191 e. The first-order valence-corrected chi connectivity index (χ1v) is 5.16. The Kier molecular flexibility index (Phi) is 4.13. The van der Waals surface area contributed by atoms with Crippen molar-refractivity contribution < 1.29 is 9.18 Å². The Morgan fingerprint density at radius 3 is 2.54 bits per heavy atom. The molecule has 0 N–H and O–H groups in total. The van der Waals surface area contributed by atoms with Crippen LogP contribution >= 0.6 is 0 Å². The summed E-state index contributed by atoms with van der Waals surface area (Å²) in [6.07, 6.45) is 5.82. The molecular formula is C11H17FO. The number of halogens is 1. The Morgan fingerprint density at radius 1 is 1.38 bits per heavy atom. The van der Waals surface area contributed by atoms with Crippen LogP contribution in [0.4, 0.5) is 4.39 Å². The minimum Gasteiger partial charge on any atom is -0.292 e. The van der Waals surface area contributed by atoms with Gasteiger partial charge in [0, 0.05) is 6.42 Å². The molecule has 0 spiro atoms. The molecule has 1 nitrogen and oxygen atoms in total. The molecule has 0 aromatic heterocycles. The average Bonchev–Trinajstić information content (AvgIpc) is 2.65. The van der Waals surface area contributed by atoms with E-state index < -0.39 is 5.83 Å². The van der Waals surface area contributed by atoms with E-state index in [4.69, 9.17) is 0 Å². The number of unbranched alkanes of at least 4 members (excludes halogenated alkanes) is 1. The van der Waals surface area contributed by atoms with Gasteiger partial charge in [0.15, 0.2) is 11.6 Å². The van der Waals surface area contributed by atoms with Gasteiger partial charge in [-0.05, 0) is 37.7 Å². The number of rotatable bonds is 4. The molecule has 0 radical (unpaired) electrons. The minimum atomic E-state index is -0.425. The first-order chi connectivity index (χ1) is 6.25. The smallest absolute Gasteiger partial charge is 0.191 e. The maximum atomic E-state index is 13.4. The van der Waals surface area contributed by atoms with E-state index in [0.717, 1.165) is 44.1 Å². The molecule has 2 heteroatoms. The standard InChI is InChI=1S/C11H17FO/c1-2-3-8-10(13)11(12)9-6-4-5-7-9/h2-8H2,1H3. The third-order valence-corrected chi connectivity index (χ3v) is 2.52. The number of allylic oxidation sites excluding steroid dienone is 2. The van der Waals surface area contributed by atoms with E-state index in [1.807, 2.05) is 6.92 Å². The second-order valence-corrected chi connectivity index (χ2v) is 3.65. The van der Waals surface area contributed by atoms with Crippen LogP contribution in [0, 0.1) is 0 Å². The Morgan fingerprint density at radius 2 is 2.00 bits per heavy atom. The molecule has 1 saturated carbocycles. The zero-order chi connectivity index (χ0) is 9.68. The van der Waals surface area contributed by atoms with Gasteiger partial charge in [0.05, 0.1) is 0 Å². The first-order valence-electron chi connectivity index (χ1n) is 5.16. The van der Waals surface area contributed by atoms with Gasteiger partial charge in [-0.2, -0.15) is 0 Å². The van der Waals surface area contributed by atoms with Crippen LogP contribution in [-0.2, 0) is 4.79 Å². The van der Waals surface area contributed by atoms with Gasteiger partial charge in [-0.15, -0.1) is 0 Å². The highest BCUT2D eigenvalue weighted by Crippen LogP contribution is 2.28. The van der Waals surface area contributed by atoms with Crippen molar-refractivity contribution in [3.05, 3.63) is 11.4 Å². The summed E-state index contributed by atoms with van der Waals surface area (Å²) < 4.78 is 13.4. The molecule has 0 bridgehead atoms. The molecule has 0 aliphatic heterocycles. The molecule has 0 aromatic carbocycles. The fourth-order valence-corrected chi connectivity index (χ4v) is 1.67. The highest BCUT2D eigenvalue weighted by Gasteiger charge is 2.17. The zero-order valence-electron chi connectivity index (χ0n) is 8.24. The fraction of sp³-hybridized carbons (Fsp3) is 0.727. The van der Waals surface area contributed by atoms with Crippen molar-refractivity contribution in [1.82, 2.24) is 0 Å². The summed E-state index contributed by atoms with van der Waals surface area (Å²) >= 11 is 0. The predicted molar refractivity (Wildman–Crippen MR) is 51.1 cm³/mol. The summed E-state index contributed by atoms with van der Waals surface area (Å²) in [5, 5.41) is 0. The van der Waals surface area contributed by atoms with Crippen LogP contribution in [0.25, 0.3) is 0 Å². The summed E-state index contributed by atoms with van der Waals surface area (Å²) in [5.74, 6) is -0.704. The quantitative estimate of drug-likeness (QED) is 0.611. The zero-order valence-corrected chi connectivity index (χ0v) is 8.24. The van der Waals surface area contributed by atoms with E-state index in [1.165, 1.54) is 0 Å². The van der Waals surface area contributed by atoms with Gasteiger partial charge in [0.1, 0.15) is 0 Å². The molecule has 0 heterocycles. The Balaban J connectivity index is 2.49. The van der Waals surface area contributed by atoms with Crippen molar-refractivity contribution in [2.24, 2.45) is 0 Å². The Bertz CT molecular complexity index is 210. The van der Waals surface area contributed by atoms with Crippen LogP contribution in [0.3, 0.4) is 0 Å². The van der Waals surface area contributed by atoms with Crippen molar-refractivity contribution in [2.45, 2.75) is 51.9 Å². The molecule has 1 aliphatic rings. The van der Waals surface area contributed by atoms with Gasteiger partial charge in [0.2, 0.25) is 0 Å². The lowest BCUT2D eigenvalue weighted by molar-refractivity contribution is -0.117. The number of hydrogen-bond acceptors (Lipinski definition) is 1. The first kappa shape index (κ1) is 10.4. The lowest BCUT2D eigenvalue weighted by atomic mass is 10.1. The molecule has 13 heavy (non-hydrogen) atoms. The highest BCUT2D eigenvalue weighted by molar-refractivity contribution is 5.93. The van der Waals surface area contributed by atoms with Gasteiger partial charge < -0.3 is 0 Å². The number of Topliss-reactive ketones (excluding diaryl/α,β-unsaturated/α-hetero) is 1. The SMILES string of the molecule is CCCCC(=O)C(F)=C1CCCC1.